The zero-order chi connectivity index (χ0) is 80.8. The molecule has 0 aromatic heterocycles. The highest BCUT2D eigenvalue weighted by Crippen LogP contribution is 3.45. The van der Waals surface area contributed by atoms with E-state index in [4.69, 9.17) is 44.3 Å². The first-order valence-electron chi connectivity index (χ1n) is 30.3. The van der Waals surface area contributed by atoms with E-state index in [1.54, 1.807) is 0 Å². The topological polar surface area (TPSA) is 242 Å². The maximum atomic E-state index is 12.8. The van der Waals surface area contributed by atoms with E-state index >= 15 is 0 Å². The predicted octanol–water partition coefficient (Wildman–Crippen LogP) is 30.9. The van der Waals surface area contributed by atoms with Gasteiger partial charge in [0.1, 0.15) is 30.2 Å². The lowest BCUT2D eigenvalue weighted by Gasteiger charge is -2.58. The van der Waals surface area contributed by atoms with Gasteiger partial charge in [0.2, 0.25) is 17.1 Å². The number of nitrogens with zero attached hydrogens (tertiary/aromatic N) is 1. The molecule has 622 valence electrons. The van der Waals surface area contributed by atoms with Crippen molar-refractivity contribution in [2.24, 2.45) is 23.7 Å². The Balaban J connectivity index is 0.00000160. The summed E-state index contributed by atoms with van der Waals surface area (Å²) in [6, 6.07) is -1.53. The number of ether oxygens (including phenoxy) is 2. The minimum Gasteiger partial charge on any atom is -0.446 e. The SMILES string of the molecule is C.CC(C)C[C@H](NC(=O)OC1CCC1)C(=O)NN(C[C@@H]1CCNC1=O)C(=O)CCl.CC(C)C[C@H](NC(=O)OC1CCC1)C(=O)NNC[C@@H]1CCNC1=O.O=C(Cl)CCl.PP(P)P(P)P(P(P)P)P(P(P(P)P)P(P)P)P(P(P(P(P)P)P(P)P)P(P(P)P)P(P)P)P(P(P(P)P)P(P)P)P(P(P)P)P(P)P. The van der Waals surface area contributed by atoms with Crippen LogP contribution in [0.1, 0.15) is 99.3 Å². The van der Waals surface area contributed by atoms with E-state index in [9.17, 15) is 38.4 Å². The number of hydrogen-bond donors (Lipinski definition) is 7. The van der Waals surface area contributed by atoms with Gasteiger partial charge in [-0.05, 0) is 248 Å². The van der Waals surface area contributed by atoms with Gasteiger partial charge < -0.3 is 30.7 Å². The van der Waals surface area contributed by atoms with Crippen molar-refractivity contribution in [3.8, 4) is 0 Å². The molecule has 32 atom stereocenters. The summed E-state index contributed by atoms with van der Waals surface area (Å²) >= 11 is 15.2. The molecule has 2 aliphatic carbocycles. The van der Waals surface area contributed by atoms with Gasteiger partial charge in [-0.1, -0.05) is 35.1 Å². The first-order valence-corrected chi connectivity index (χ1v) is 119. The van der Waals surface area contributed by atoms with Gasteiger partial charge in [-0.15, -0.1) is 246 Å². The number of nitrogens with one attached hydrogen (secondary N) is 7. The summed E-state index contributed by atoms with van der Waals surface area (Å²) < 4.78 is 10.5. The molecule has 28 unspecified atom stereocenters. The Bertz CT molecular complexity index is 2500. The third-order valence-corrected chi connectivity index (χ3v) is 345. The van der Waals surface area contributed by atoms with Crippen LogP contribution in [0.5, 0.6) is 0 Å². The fourth-order valence-electron chi connectivity index (χ4n) is 8.51. The molecule has 0 radical (unpaired) electrons. The fourth-order valence-corrected chi connectivity index (χ4v) is 674. The van der Waals surface area contributed by atoms with Crippen LogP contribution in [0.15, 0.2) is 0 Å². The minimum absolute atomic E-state index is 0. The molecular weight excluding hydrogens is 2310 g/mol. The molecule has 0 aromatic rings. The molecule has 18 nitrogen and oxygen atoms in total. The number of alkyl carbamates (subject to hydrolysis) is 2. The highest BCUT2D eigenvalue weighted by Gasteiger charge is 2.58. The van der Waals surface area contributed by atoms with Crippen LogP contribution in [0.3, 0.4) is 0 Å². The van der Waals surface area contributed by atoms with Crippen molar-refractivity contribution in [2.45, 2.75) is 124 Å². The normalized spacial score (nSPS) is 17.9. The second-order valence-electron chi connectivity index (χ2n) is 22.7. The van der Waals surface area contributed by atoms with Crippen molar-refractivity contribution in [3.63, 3.8) is 0 Å². The van der Waals surface area contributed by atoms with Gasteiger partial charge in [0.25, 0.3) is 17.7 Å². The molecule has 0 aromatic carbocycles. The molecule has 2 aliphatic heterocycles. The van der Waals surface area contributed by atoms with E-state index < -0.39 is 47.2 Å². The molecule has 2 saturated carbocycles. The van der Waals surface area contributed by atoms with Gasteiger partial charge in [0.05, 0.1) is 24.3 Å². The summed E-state index contributed by atoms with van der Waals surface area (Å²) in [5.74, 6) is -2.16. The number of carbonyl (C=O) groups excluding carboxylic acids is 8. The molecule has 7 N–H and O–H groups in total. The Labute approximate surface area is 733 Å². The summed E-state index contributed by atoms with van der Waals surface area (Å²) in [7, 11) is 86.5. The first-order chi connectivity index (χ1) is 48.8. The van der Waals surface area contributed by atoms with E-state index in [0.717, 1.165) is 50.0 Å². The van der Waals surface area contributed by atoms with Crippen LogP contribution in [0.25, 0.3) is 0 Å². The molecule has 0 bridgehead atoms. The summed E-state index contributed by atoms with van der Waals surface area (Å²) in [4.78, 5) is 93.9. The lowest BCUT2D eigenvalue weighted by atomic mass is 9.96. The van der Waals surface area contributed by atoms with Crippen molar-refractivity contribution < 1.29 is 47.8 Å². The zero-order valence-corrected chi connectivity index (χ0v) is 110. The maximum Gasteiger partial charge on any atom is 0.408 e. The lowest BCUT2D eigenvalue weighted by Crippen LogP contribution is -2.56. The highest BCUT2D eigenvalue weighted by molar-refractivity contribution is 9.51. The monoisotopic (exact) mass is 2420 g/mol. The minimum atomic E-state index is -0.865. The fraction of sp³-hybridized carbons (Fsp3) is 0.784. The molecule has 4 aliphatic rings. The van der Waals surface area contributed by atoms with E-state index in [2.05, 4.69) is 261 Å². The largest absolute Gasteiger partial charge is 0.446 e. The van der Waals surface area contributed by atoms with E-state index in [1.165, 1.54) is 0 Å². The van der Waals surface area contributed by atoms with Gasteiger partial charge in [-0.25, -0.2) is 15.0 Å². The van der Waals surface area contributed by atoms with E-state index in [1.807, 2.05) is 27.7 Å². The van der Waals surface area contributed by atoms with Crippen LogP contribution >= 0.6 is 419 Å². The molecular formula is C37H113Cl3N8O10P48. The molecule has 106 heavy (non-hydrogen) atoms. The Morgan fingerprint density at radius 2 is 0.755 bits per heavy atom. The molecule has 0 spiro atoms. The van der Waals surface area contributed by atoms with Gasteiger partial charge in [0.15, 0.2) is 0 Å². The number of alkyl halides is 2. The van der Waals surface area contributed by atoms with Crippen LogP contribution in [-0.2, 0) is 38.2 Å². The van der Waals surface area contributed by atoms with Gasteiger partial charge in [-0.3, -0.25) is 44.6 Å². The second-order valence-corrected chi connectivity index (χ2v) is 220. The number of rotatable bonds is 39. The van der Waals surface area contributed by atoms with Crippen molar-refractivity contribution in [1.29, 1.82) is 0 Å². The Kier molecular flexibility index (Phi) is 79.0. The maximum absolute atomic E-state index is 12.8. The Hall–Kier alpha value is 17.0. The summed E-state index contributed by atoms with van der Waals surface area (Å²) in [6.07, 6.45) is 6.44. The number of halogens is 3. The standard InChI is InChI=1S/C18H29ClN4O5.C16H28N4O4.C2H2Cl2O.CH4.H50P48/c1-11(2)8-14(21-18(27)28-13-4-3-5-13)17(26)22-23(15(24)9-19)10-12-6-7-20-16(12)25;1-10(2)8-13(19-16(23)24-12-4-3-5-12)15(22)20-18-9-11-6-7-17-14(11)21;3-1-2(4)5;;1-26(2)38(25)44(37(23)24)47(43(35(19)20)36(21)22)48(45(39(27(3)4)28(5)6)40(29(7)8)30(9)10)46(41(31(11)12)32(13)14)42(33(15)16)34(17)18/h11-14H,3-10H2,1-2H3,(H,20,25)(H,21,27)(H,22,26);10-13,18H,3-9H2,1-2H3,(H,17,21)(H,19,23)(H,20,22);1H2;1H4;1-25H2/t12-,14-;11-,13-;;;/m00.../s1. The van der Waals surface area contributed by atoms with Crippen LogP contribution in [-0.4, -0.2) is 114 Å². The van der Waals surface area contributed by atoms with Crippen LogP contribution in [0, 0.1) is 23.7 Å². The molecule has 2 heterocycles. The zero-order valence-electron chi connectivity index (χ0n) is 57.8. The second kappa shape index (κ2) is 68.1. The van der Waals surface area contributed by atoms with Crippen LogP contribution < -0.4 is 37.5 Å². The predicted molar refractivity (Wildman–Crippen MR) is 620 cm³/mol. The molecule has 7 amide bonds. The third kappa shape index (κ3) is 47.8. The molecule has 4 rings (SSSR count). The molecule has 2 saturated heterocycles. The lowest BCUT2D eigenvalue weighted by molar-refractivity contribution is -0.142. The van der Waals surface area contributed by atoms with Gasteiger partial charge in [0, 0.05) is 19.6 Å². The quantitative estimate of drug-likeness (QED) is 0.0132. The number of hydrogen-bond acceptors (Lipinski definition) is 11. The van der Waals surface area contributed by atoms with Gasteiger partial charge in [-0.2, -0.15) is 0 Å². The van der Waals surface area contributed by atoms with Crippen molar-refractivity contribution in [1.82, 2.24) is 42.6 Å². The summed E-state index contributed by atoms with van der Waals surface area (Å²) in [5.41, 5.74) is 7.90. The Morgan fingerprint density at radius 1 is 0.453 bits per heavy atom. The van der Waals surface area contributed by atoms with E-state index in [0.29, 0.717) is 38.9 Å². The molecule has 69 heteroatoms. The highest BCUT2D eigenvalue weighted by atomic mass is 35.5. The first kappa shape index (κ1) is 123. The van der Waals surface area contributed by atoms with Crippen molar-refractivity contribution in [2.75, 3.05) is 37.9 Å². The average molecular weight is 2420 g/mol. The van der Waals surface area contributed by atoms with Crippen LogP contribution in [0.2, 0.25) is 0 Å². The van der Waals surface area contributed by atoms with Crippen molar-refractivity contribution in [3.05, 3.63) is 0 Å². The van der Waals surface area contributed by atoms with Crippen molar-refractivity contribution >= 4 is 466 Å². The molecule has 4 fully saturated rings. The van der Waals surface area contributed by atoms with E-state index in [-0.39, 0.29) is 234 Å². The smallest absolute Gasteiger partial charge is 0.408 e. The third-order valence-electron chi connectivity index (χ3n) is 13.5. The Morgan fingerprint density at radius 3 is 1.01 bits per heavy atom. The van der Waals surface area contributed by atoms with Crippen LogP contribution in [0.4, 0.5) is 9.59 Å². The van der Waals surface area contributed by atoms with Gasteiger partial charge >= 0.3 is 12.2 Å². The summed E-state index contributed by atoms with van der Waals surface area (Å²) in [6.45, 7) is 5.90. The average Bonchev–Trinajstić information content (AvgIpc) is 1.37. The summed E-state index contributed by atoms with van der Waals surface area (Å²) in [5, 5.41) is 11.2. The number of amides is 7. The number of carbonyl (C=O) groups is 8. The number of hydrazine groups is 2.